The lowest BCUT2D eigenvalue weighted by Crippen LogP contribution is -1.96. The van der Waals surface area contributed by atoms with Gasteiger partial charge in [-0.1, -0.05) is 48.0 Å². The second kappa shape index (κ2) is 8.22. The molecule has 0 spiro atoms. The minimum Gasteiger partial charge on any atom is -0.489 e. The first-order chi connectivity index (χ1) is 14.1. The van der Waals surface area contributed by atoms with Gasteiger partial charge in [-0.2, -0.15) is 5.26 Å². The van der Waals surface area contributed by atoms with Crippen LogP contribution < -0.4 is 4.74 Å². The van der Waals surface area contributed by atoms with E-state index in [1.54, 1.807) is 6.08 Å². The van der Waals surface area contributed by atoms with Gasteiger partial charge in [0, 0.05) is 10.6 Å². The van der Waals surface area contributed by atoms with Crippen molar-refractivity contribution in [2.24, 2.45) is 0 Å². The summed E-state index contributed by atoms with van der Waals surface area (Å²) in [6.07, 6.45) is 1.80. The number of ether oxygens (including phenoxy) is 1. The van der Waals surface area contributed by atoms with Crippen LogP contribution in [-0.4, -0.2) is 9.97 Å². The third kappa shape index (κ3) is 4.31. The first kappa shape index (κ1) is 18.8. The van der Waals surface area contributed by atoms with Crippen LogP contribution in [0.2, 0.25) is 5.02 Å². The van der Waals surface area contributed by atoms with Crippen LogP contribution in [0.5, 0.6) is 5.75 Å². The maximum absolute atomic E-state index is 9.65. The number of rotatable bonds is 5. The molecule has 4 rings (SSSR count). The van der Waals surface area contributed by atoms with E-state index in [9.17, 15) is 5.26 Å². The highest BCUT2D eigenvalue weighted by Crippen LogP contribution is 2.23. The Labute approximate surface area is 174 Å². The molecule has 4 nitrogen and oxygen atoms in total. The SMILES string of the molecule is Cc1ccc2nc(/C(C#N)=C/c3cccc(OCc4ccccc4Cl)c3)[nH]c2c1. The van der Waals surface area contributed by atoms with Gasteiger partial charge in [-0.05, 0) is 54.5 Å². The smallest absolute Gasteiger partial charge is 0.149 e. The zero-order chi connectivity index (χ0) is 20.2. The van der Waals surface area contributed by atoms with Crippen molar-refractivity contribution in [3.8, 4) is 11.8 Å². The summed E-state index contributed by atoms with van der Waals surface area (Å²) < 4.78 is 5.88. The van der Waals surface area contributed by atoms with Crippen LogP contribution in [0.15, 0.2) is 66.7 Å². The van der Waals surface area contributed by atoms with Crippen molar-refractivity contribution < 1.29 is 4.74 Å². The Morgan fingerprint density at radius 2 is 2.00 bits per heavy atom. The van der Waals surface area contributed by atoms with E-state index in [2.05, 4.69) is 16.0 Å². The van der Waals surface area contributed by atoms with Crippen molar-refractivity contribution in [2.45, 2.75) is 13.5 Å². The number of nitrogens with one attached hydrogen (secondary N) is 1. The molecule has 0 bridgehead atoms. The lowest BCUT2D eigenvalue weighted by molar-refractivity contribution is 0.306. The second-order valence-electron chi connectivity index (χ2n) is 6.73. The first-order valence-corrected chi connectivity index (χ1v) is 9.55. The van der Waals surface area contributed by atoms with Gasteiger partial charge < -0.3 is 9.72 Å². The van der Waals surface area contributed by atoms with Gasteiger partial charge in [0.25, 0.3) is 0 Å². The molecule has 1 heterocycles. The van der Waals surface area contributed by atoms with Crippen molar-refractivity contribution in [2.75, 3.05) is 0 Å². The van der Waals surface area contributed by atoms with E-state index in [4.69, 9.17) is 16.3 Å². The summed E-state index contributed by atoms with van der Waals surface area (Å²) in [6.45, 7) is 2.40. The van der Waals surface area contributed by atoms with Crippen molar-refractivity contribution in [3.05, 3.63) is 94.3 Å². The number of fused-ring (bicyclic) bond motifs is 1. The molecule has 0 atom stereocenters. The predicted octanol–water partition coefficient (Wildman–Crippen LogP) is 6.17. The highest BCUT2D eigenvalue weighted by atomic mass is 35.5. The van der Waals surface area contributed by atoms with E-state index in [0.29, 0.717) is 28.8 Å². The fourth-order valence-electron chi connectivity index (χ4n) is 3.04. The Balaban J connectivity index is 1.58. The summed E-state index contributed by atoms with van der Waals surface area (Å²) in [7, 11) is 0. The zero-order valence-corrected chi connectivity index (χ0v) is 16.6. The monoisotopic (exact) mass is 399 g/mol. The molecule has 3 aromatic carbocycles. The van der Waals surface area contributed by atoms with Crippen LogP contribution >= 0.6 is 11.6 Å². The molecule has 142 valence electrons. The van der Waals surface area contributed by atoms with E-state index in [-0.39, 0.29) is 0 Å². The zero-order valence-electron chi connectivity index (χ0n) is 15.8. The number of halogens is 1. The molecule has 0 amide bonds. The number of nitriles is 1. The maximum Gasteiger partial charge on any atom is 0.149 e. The molecular formula is C24H18ClN3O. The van der Waals surface area contributed by atoms with Crippen LogP contribution in [0.1, 0.15) is 22.5 Å². The van der Waals surface area contributed by atoms with Crippen molar-refractivity contribution >= 4 is 34.3 Å². The minimum atomic E-state index is 0.376. The maximum atomic E-state index is 9.65. The van der Waals surface area contributed by atoms with Gasteiger partial charge in [0.2, 0.25) is 0 Å². The van der Waals surface area contributed by atoms with Crippen molar-refractivity contribution in [3.63, 3.8) is 0 Å². The van der Waals surface area contributed by atoms with Crippen LogP contribution in [0.4, 0.5) is 0 Å². The van der Waals surface area contributed by atoms with Crippen LogP contribution in [-0.2, 0) is 6.61 Å². The summed E-state index contributed by atoms with van der Waals surface area (Å²) in [6, 6.07) is 23.4. The van der Waals surface area contributed by atoms with Crippen LogP contribution in [0.3, 0.4) is 0 Å². The number of aryl methyl sites for hydroxylation is 1. The Hall–Kier alpha value is -3.55. The number of benzene rings is 3. The van der Waals surface area contributed by atoms with E-state index in [0.717, 1.165) is 27.7 Å². The molecule has 29 heavy (non-hydrogen) atoms. The summed E-state index contributed by atoms with van der Waals surface area (Å²) in [5.41, 5.74) is 5.13. The van der Waals surface area contributed by atoms with Gasteiger partial charge in [0.15, 0.2) is 0 Å². The van der Waals surface area contributed by atoms with E-state index < -0.39 is 0 Å². The summed E-state index contributed by atoms with van der Waals surface area (Å²) >= 11 is 6.18. The summed E-state index contributed by atoms with van der Waals surface area (Å²) in [5, 5.41) is 10.3. The molecular weight excluding hydrogens is 382 g/mol. The van der Waals surface area contributed by atoms with E-state index in [1.807, 2.05) is 73.7 Å². The Kier molecular flexibility index (Phi) is 5.33. The molecule has 1 N–H and O–H groups in total. The third-order valence-electron chi connectivity index (χ3n) is 4.53. The highest BCUT2D eigenvalue weighted by Gasteiger charge is 2.09. The molecule has 0 unspecified atom stereocenters. The molecule has 0 saturated carbocycles. The van der Waals surface area contributed by atoms with Crippen molar-refractivity contribution in [1.29, 1.82) is 5.26 Å². The average molecular weight is 400 g/mol. The molecule has 1 aromatic heterocycles. The fourth-order valence-corrected chi connectivity index (χ4v) is 3.23. The fraction of sp³-hybridized carbons (Fsp3) is 0.0833. The van der Waals surface area contributed by atoms with Gasteiger partial charge in [0.1, 0.15) is 24.3 Å². The molecule has 4 aromatic rings. The van der Waals surface area contributed by atoms with Crippen LogP contribution in [0.25, 0.3) is 22.7 Å². The molecule has 5 heteroatoms. The van der Waals surface area contributed by atoms with Crippen LogP contribution in [0, 0.1) is 18.3 Å². The third-order valence-corrected chi connectivity index (χ3v) is 4.90. The molecule has 0 aliphatic carbocycles. The van der Waals surface area contributed by atoms with E-state index in [1.165, 1.54) is 0 Å². The minimum absolute atomic E-state index is 0.376. The standard InChI is InChI=1S/C24H18ClN3O/c1-16-9-10-22-23(11-16)28-24(27-22)19(14-26)12-17-5-4-7-20(13-17)29-15-18-6-2-3-8-21(18)25/h2-13H,15H2,1H3,(H,27,28)/b19-12+. The number of nitrogens with zero attached hydrogens (tertiary/aromatic N) is 2. The first-order valence-electron chi connectivity index (χ1n) is 9.17. The molecule has 0 aliphatic heterocycles. The van der Waals surface area contributed by atoms with Gasteiger partial charge in [-0.25, -0.2) is 4.98 Å². The average Bonchev–Trinajstić information content (AvgIpc) is 3.14. The number of aromatic nitrogens is 2. The van der Waals surface area contributed by atoms with Gasteiger partial charge in [-0.15, -0.1) is 0 Å². The number of aromatic amines is 1. The molecule has 0 fully saturated rings. The van der Waals surface area contributed by atoms with Gasteiger partial charge in [-0.3, -0.25) is 0 Å². The number of allylic oxidation sites excluding steroid dienone is 1. The van der Waals surface area contributed by atoms with Gasteiger partial charge >= 0.3 is 0 Å². The lowest BCUT2D eigenvalue weighted by atomic mass is 10.1. The number of H-pyrrole nitrogens is 1. The second-order valence-corrected chi connectivity index (χ2v) is 7.14. The molecule has 0 aliphatic rings. The lowest BCUT2D eigenvalue weighted by Gasteiger charge is -2.08. The van der Waals surface area contributed by atoms with E-state index >= 15 is 0 Å². The Bertz CT molecular complexity index is 1250. The Morgan fingerprint density at radius 3 is 2.83 bits per heavy atom. The quantitative estimate of drug-likeness (QED) is 0.408. The highest BCUT2D eigenvalue weighted by molar-refractivity contribution is 6.31. The van der Waals surface area contributed by atoms with Crippen molar-refractivity contribution in [1.82, 2.24) is 9.97 Å². The molecule has 0 saturated heterocycles. The largest absolute Gasteiger partial charge is 0.489 e. The number of imidazole rings is 1. The normalized spacial score (nSPS) is 11.4. The summed E-state index contributed by atoms with van der Waals surface area (Å²) in [5.74, 6) is 1.26. The number of hydrogen-bond acceptors (Lipinski definition) is 3. The molecule has 0 radical (unpaired) electrons. The number of hydrogen-bond donors (Lipinski definition) is 1. The Morgan fingerprint density at radius 1 is 1.14 bits per heavy atom. The topological polar surface area (TPSA) is 61.7 Å². The summed E-state index contributed by atoms with van der Waals surface area (Å²) in [4.78, 5) is 7.76. The van der Waals surface area contributed by atoms with Gasteiger partial charge in [0.05, 0.1) is 16.6 Å². The predicted molar refractivity (Wildman–Crippen MR) is 117 cm³/mol.